The zero-order chi connectivity index (χ0) is 26.6. The Morgan fingerprint density at radius 3 is 2.58 bits per heavy atom. The fraction of sp³-hybridized carbons (Fsp3) is 0.310. The molecule has 5 rings (SSSR count). The second-order valence-electron chi connectivity index (χ2n) is 9.62. The number of urea groups is 1. The minimum absolute atomic E-state index is 0.0764. The molecule has 1 fully saturated rings. The molecule has 0 aromatic heterocycles. The minimum Gasteiger partial charge on any atom is -0.487 e. The molecule has 0 aliphatic carbocycles. The molecule has 198 valence electrons. The van der Waals surface area contributed by atoms with Crippen LogP contribution >= 0.6 is 0 Å². The summed E-state index contributed by atoms with van der Waals surface area (Å²) < 4.78 is 26.0. The zero-order valence-corrected chi connectivity index (χ0v) is 20.9. The maximum atomic E-state index is 13.9. The van der Waals surface area contributed by atoms with Crippen LogP contribution in [0.3, 0.4) is 0 Å². The van der Waals surface area contributed by atoms with E-state index < -0.39 is 30.2 Å². The molecule has 4 N–H and O–H groups in total. The van der Waals surface area contributed by atoms with Crippen LogP contribution in [0.4, 0.5) is 20.6 Å². The molecule has 0 spiro atoms. The molecular formula is C29H30FN3O5. The number of benzene rings is 3. The van der Waals surface area contributed by atoms with Gasteiger partial charge in [0.05, 0.1) is 30.9 Å². The molecule has 2 heterocycles. The number of anilines is 2. The molecule has 2 aliphatic heterocycles. The predicted octanol–water partition coefficient (Wildman–Crippen LogP) is 4.73. The summed E-state index contributed by atoms with van der Waals surface area (Å²) in [7, 11) is 0. The van der Waals surface area contributed by atoms with Gasteiger partial charge in [-0.2, -0.15) is 0 Å². The monoisotopic (exact) mass is 519 g/mol. The Kier molecular flexibility index (Phi) is 7.57. The van der Waals surface area contributed by atoms with Gasteiger partial charge in [-0.25, -0.2) is 9.18 Å². The van der Waals surface area contributed by atoms with Gasteiger partial charge in [-0.1, -0.05) is 42.5 Å². The van der Waals surface area contributed by atoms with E-state index in [0.717, 1.165) is 11.1 Å². The van der Waals surface area contributed by atoms with Crippen molar-refractivity contribution in [1.29, 1.82) is 0 Å². The second kappa shape index (κ2) is 11.2. The zero-order valence-electron chi connectivity index (χ0n) is 20.9. The lowest BCUT2D eigenvalue weighted by atomic mass is 9.84. The van der Waals surface area contributed by atoms with E-state index in [-0.39, 0.29) is 36.6 Å². The van der Waals surface area contributed by atoms with Crippen LogP contribution in [0.2, 0.25) is 0 Å². The van der Waals surface area contributed by atoms with Crippen molar-refractivity contribution >= 4 is 23.3 Å². The molecule has 9 heteroatoms. The maximum absolute atomic E-state index is 13.9. The summed E-state index contributed by atoms with van der Waals surface area (Å²) in [5.74, 6) is -0.152. The fourth-order valence-electron chi connectivity index (χ4n) is 5.15. The van der Waals surface area contributed by atoms with Crippen molar-refractivity contribution in [3.63, 3.8) is 0 Å². The molecule has 0 radical (unpaired) electrons. The first-order valence-electron chi connectivity index (χ1n) is 12.6. The van der Waals surface area contributed by atoms with E-state index in [1.54, 1.807) is 24.3 Å². The highest BCUT2D eigenvalue weighted by Gasteiger charge is 2.46. The average molecular weight is 520 g/mol. The molecule has 8 nitrogen and oxygen atoms in total. The molecule has 1 saturated heterocycles. The first kappa shape index (κ1) is 25.7. The van der Waals surface area contributed by atoms with Gasteiger partial charge in [0.1, 0.15) is 23.8 Å². The number of fused-ring (bicyclic) bond motifs is 3. The smallest absolute Gasteiger partial charge is 0.323 e. The highest BCUT2D eigenvalue weighted by molar-refractivity contribution is 6.00. The van der Waals surface area contributed by atoms with Crippen LogP contribution < -0.4 is 20.7 Å². The number of nitrogens with one attached hydrogen (secondary N) is 3. The molecule has 38 heavy (non-hydrogen) atoms. The van der Waals surface area contributed by atoms with E-state index in [2.05, 4.69) is 16.0 Å². The first-order chi connectivity index (χ1) is 18.4. The van der Waals surface area contributed by atoms with Gasteiger partial charge in [-0.15, -0.1) is 0 Å². The van der Waals surface area contributed by atoms with E-state index >= 15 is 0 Å². The number of aliphatic hydroxyl groups is 1. The molecule has 0 unspecified atom stereocenters. The predicted molar refractivity (Wildman–Crippen MR) is 141 cm³/mol. The van der Waals surface area contributed by atoms with Crippen LogP contribution in [-0.2, 0) is 9.53 Å². The summed E-state index contributed by atoms with van der Waals surface area (Å²) in [5.41, 5.74) is 2.46. The number of hydrogen-bond donors (Lipinski definition) is 4. The van der Waals surface area contributed by atoms with Gasteiger partial charge in [0, 0.05) is 17.2 Å². The Bertz CT molecular complexity index is 1300. The summed E-state index contributed by atoms with van der Waals surface area (Å²) in [6.45, 7) is 1.68. The highest BCUT2D eigenvalue weighted by Crippen LogP contribution is 2.47. The largest absolute Gasteiger partial charge is 0.487 e. The summed E-state index contributed by atoms with van der Waals surface area (Å²) >= 11 is 0. The second-order valence-corrected chi connectivity index (χ2v) is 9.62. The van der Waals surface area contributed by atoms with Gasteiger partial charge in [-0.05, 0) is 49.2 Å². The molecule has 5 atom stereocenters. The summed E-state index contributed by atoms with van der Waals surface area (Å²) in [6.07, 6.45) is -0.736. The van der Waals surface area contributed by atoms with Crippen molar-refractivity contribution in [3.05, 3.63) is 89.7 Å². The summed E-state index contributed by atoms with van der Waals surface area (Å²) in [4.78, 5) is 25.3. The molecule has 0 bridgehead atoms. The Labute approximate surface area is 220 Å². The molecule has 3 amide bonds. The Hall–Kier alpha value is -3.95. The average Bonchev–Trinajstić information content (AvgIpc) is 3.28. The van der Waals surface area contributed by atoms with E-state index in [1.165, 1.54) is 12.1 Å². The minimum atomic E-state index is -0.591. The van der Waals surface area contributed by atoms with Crippen LogP contribution in [0.5, 0.6) is 5.75 Å². The lowest BCUT2D eigenvalue weighted by Crippen LogP contribution is -2.47. The van der Waals surface area contributed by atoms with Crippen LogP contribution in [0.15, 0.2) is 72.8 Å². The number of amides is 3. The summed E-state index contributed by atoms with van der Waals surface area (Å²) in [5, 5.41) is 18.2. The van der Waals surface area contributed by atoms with Crippen molar-refractivity contribution < 1.29 is 28.6 Å². The standard InChI is InChI=1S/C29H30FN3O5/c1-17(18-7-3-2-4-8-18)31-27(35)15-20-14-22-21-13-19(11-12-25(21)38-28(22)26(16-34)37-20)32-29(36)33-24-10-6-5-9-23(24)30/h2-13,17,20,22,26,28,34H,14-16H2,1H3,(H,31,35)(H2,32,33,36)/t17-,20-,22+,26-,28-/m1/s1. The van der Waals surface area contributed by atoms with E-state index in [9.17, 15) is 19.1 Å². The van der Waals surface area contributed by atoms with Gasteiger partial charge in [0.2, 0.25) is 5.91 Å². The quantitative estimate of drug-likeness (QED) is 0.361. The first-order valence-corrected chi connectivity index (χ1v) is 12.6. The van der Waals surface area contributed by atoms with E-state index in [1.807, 2.05) is 43.3 Å². The Balaban J connectivity index is 1.25. The number of aliphatic hydroxyl groups excluding tert-OH is 1. The maximum Gasteiger partial charge on any atom is 0.323 e. The van der Waals surface area contributed by atoms with E-state index in [4.69, 9.17) is 9.47 Å². The topological polar surface area (TPSA) is 109 Å². The van der Waals surface area contributed by atoms with Crippen LogP contribution in [0.25, 0.3) is 0 Å². The third-order valence-electron chi connectivity index (χ3n) is 6.97. The normalized spacial score (nSPS) is 22.4. The van der Waals surface area contributed by atoms with Gasteiger partial charge < -0.3 is 30.5 Å². The van der Waals surface area contributed by atoms with Crippen LogP contribution in [-0.4, -0.2) is 42.0 Å². The molecular weight excluding hydrogens is 489 g/mol. The lowest BCUT2D eigenvalue weighted by molar-refractivity contribution is -0.142. The number of halogens is 1. The number of hydrogen-bond acceptors (Lipinski definition) is 5. The van der Waals surface area contributed by atoms with Gasteiger partial charge in [-0.3, -0.25) is 4.79 Å². The molecule has 0 saturated carbocycles. The van der Waals surface area contributed by atoms with Crippen molar-refractivity contribution in [2.75, 3.05) is 17.2 Å². The lowest BCUT2D eigenvalue weighted by Gasteiger charge is -2.37. The summed E-state index contributed by atoms with van der Waals surface area (Å²) in [6, 6.07) is 20.2. The molecule has 3 aromatic rings. The van der Waals surface area contributed by atoms with Crippen molar-refractivity contribution in [3.8, 4) is 5.75 Å². The third-order valence-corrected chi connectivity index (χ3v) is 6.97. The molecule has 2 aliphatic rings. The number of carbonyl (C=O) groups excluding carboxylic acids is 2. The third kappa shape index (κ3) is 5.64. The van der Waals surface area contributed by atoms with Crippen LogP contribution in [0, 0.1) is 5.82 Å². The van der Waals surface area contributed by atoms with Crippen molar-refractivity contribution in [2.24, 2.45) is 0 Å². The number of para-hydroxylation sites is 1. The highest BCUT2D eigenvalue weighted by atomic mass is 19.1. The van der Waals surface area contributed by atoms with Crippen molar-refractivity contribution in [2.45, 2.75) is 50.0 Å². The fourth-order valence-corrected chi connectivity index (χ4v) is 5.15. The van der Waals surface area contributed by atoms with Gasteiger partial charge in [0.25, 0.3) is 0 Å². The van der Waals surface area contributed by atoms with E-state index in [0.29, 0.717) is 17.9 Å². The SMILES string of the molecule is C[C@@H](NC(=O)C[C@H]1C[C@H]2c3cc(NC(=O)Nc4ccccc4F)ccc3O[C@H]2[C@@H](CO)O1)c1ccccc1. The van der Waals surface area contributed by atoms with Gasteiger partial charge in [0.15, 0.2) is 0 Å². The van der Waals surface area contributed by atoms with Crippen molar-refractivity contribution in [1.82, 2.24) is 5.32 Å². The number of ether oxygens (including phenoxy) is 2. The van der Waals surface area contributed by atoms with Gasteiger partial charge >= 0.3 is 6.03 Å². The van der Waals surface area contributed by atoms with Crippen LogP contribution in [0.1, 0.15) is 42.9 Å². The molecule has 3 aromatic carbocycles. The Morgan fingerprint density at radius 2 is 1.82 bits per heavy atom. The Morgan fingerprint density at radius 1 is 1.05 bits per heavy atom. The number of rotatable bonds is 7. The number of carbonyl (C=O) groups is 2.